The lowest BCUT2D eigenvalue weighted by Gasteiger charge is -2.12. The van der Waals surface area contributed by atoms with Gasteiger partial charge >= 0.3 is 6.36 Å². The van der Waals surface area contributed by atoms with E-state index >= 15 is 0 Å². The van der Waals surface area contributed by atoms with Crippen molar-refractivity contribution in [3.63, 3.8) is 0 Å². The molecule has 10 heteroatoms. The van der Waals surface area contributed by atoms with Crippen LogP contribution in [-0.2, 0) is 10.0 Å². The molecule has 96 valence electrons. The van der Waals surface area contributed by atoms with Gasteiger partial charge in [-0.1, -0.05) is 0 Å². The zero-order valence-electron chi connectivity index (χ0n) is 8.25. The Morgan fingerprint density at radius 1 is 1.47 bits per heavy atom. The molecule has 1 heterocycles. The molecular weight excluding hydrogens is 376 g/mol. The summed E-state index contributed by atoms with van der Waals surface area (Å²) in [7, 11) is -4.13. The quantitative estimate of drug-likeness (QED) is 0.787. The number of halogens is 4. The normalized spacial score (nSPS) is 12.6. The Morgan fingerprint density at radius 2 is 2.00 bits per heavy atom. The summed E-state index contributed by atoms with van der Waals surface area (Å²) in [5, 5.41) is 4.86. The van der Waals surface area contributed by atoms with Crippen LogP contribution in [0.2, 0.25) is 0 Å². The van der Waals surface area contributed by atoms with Crippen molar-refractivity contribution in [1.29, 1.82) is 0 Å². The Bertz CT molecular complexity index is 544. The largest absolute Gasteiger partial charge is 0.574 e. The number of nitrogens with zero attached hydrogens (tertiary/aromatic N) is 1. The number of sulfonamides is 1. The van der Waals surface area contributed by atoms with Crippen LogP contribution in [0, 0.1) is 10.5 Å². The average molecular weight is 382 g/mol. The second kappa shape index (κ2) is 4.57. The monoisotopic (exact) mass is 382 g/mol. The summed E-state index contributed by atoms with van der Waals surface area (Å²) in [6, 6.07) is 1.07. The molecule has 0 atom stereocenters. The number of pyridine rings is 1. The van der Waals surface area contributed by atoms with Crippen LogP contribution in [0.25, 0.3) is 0 Å². The van der Waals surface area contributed by atoms with Crippen LogP contribution in [0.1, 0.15) is 5.69 Å². The number of hydrogen-bond donors (Lipinski definition) is 1. The van der Waals surface area contributed by atoms with Gasteiger partial charge in [0.25, 0.3) is 0 Å². The van der Waals surface area contributed by atoms with Gasteiger partial charge in [0.05, 0.1) is 3.57 Å². The fraction of sp³-hybridized carbons (Fsp3) is 0.286. The van der Waals surface area contributed by atoms with Crippen LogP contribution in [0.5, 0.6) is 5.88 Å². The van der Waals surface area contributed by atoms with Crippen molar-refractivity contribution in [3.05, 3.63) is 15.3 Å². The highest BCUT2D eigenvalue weighted by Crippen LogP contribution is 2.30. The van der Waals surface area contributed by atoms with Crippen LogP contribution < -0.4 is 9.88 Å². The number of alkyl halides is 3. The highest BCUT2D eigenvalue weighted by atomic mass is 127. The maximum absolute atomic E-state index is 12.0. The molecule has 1 aromatic heterocycles. The number of aromatic nitrogens is 1. The fourth-order valence-corrected chi connectivity index (χ4v) is 2.96. The number of ether oxygens (including phenoxy) is 1. The smallest absolute Gasteiger partial charge is 0.387 e. The van der Waals surface area contributed by atoms with E-state index in [4.69, 9.17) is 5.14 Å². The van der Waals surface area contributed by atoms with Crippen molar-refractivity contribution in [2.75, 3.05) is 0 Å². The highest BCUT2D eigenvalue weighted by Gasteiger charge is 2.34. The number of primary sulfonamides is 1. The average Bonchev–Trinajstić information content (AvgIpc) is 2.06. The minimum absolute atomic E-state index is 0.0497. The van der Waals surface area contributed by atoms with Crippen molar-refractivity contribution < 1.29 is 26.3 Å². The van der Waals surface area contributed by atoms with Crippen LogP contribution in [0.4, 0.5) is 13.2 Å². The van der Waals surface area contributed by atoms with E-state index in [1.165, 1.54) is 29.5 Å². The van der Waals surface area contributed by atoms with Crippen LogP contribution >= 0.6 is 22.6 Å². The van der Waals surface area contributed by atoms with Crippen molar-refractivity contribution in [1.82, 2.24) is 4.98 Å². The van der Waals surface area contributed by atoms with Crippen LogP contribution in [-0.4, -0.2) is 19.8 Å². The van der Waals surface area contributed by atoms with Crippen molar-refractivity contribution in [3.8, 4) is 5.88 Å². The Labute approximate surface area is 108 Å². The Hall–Kier alpha value is -0.620. The van der Waals surface area contributed by atoms with Gasteiger partial charge in [-0.25, -0.2) is 18.5 Å². The predicted molar refractivity (Wildman–Crippen MR) is 59.7 cm³/mol. The molecular formula is C7H6F3IN2O3S. The van der Waals surface area contributed by atoms with Gasteiger partial charge in [0, 0.05) is 5.69 Å². The molecule has 0 saturated heterocycles. The lowest BCUT2D eigenvalue weighted by molar-refractivity contribution is -0.276. The molecule has 0 saturated carbocycles. The van der Waals surface area contributed by atoms with Gasteiger partial charge < -0.3 is 4.74 Å². The summed E-state index contributed by atoms with van der Waals surface area (Å²) in [5.41, 5.74) is 0.0497. The van der Waals surface area contributed by atoms with Crippen LogP contribution in [0.3, 0.4) is 0 Å². The minimum atomic E-state index is -4.95. The molecule has 0 unspecified atom stereocenters. The Kier molecular flexibility index (Phi) is 3.88. The molecule has 0 aliphatic rings. The predicted octanol–water partition coefficient (Wildman–Crippen LogP) is 1.54. The summed E-state index contributed by atoms with van der Waals surface area (Å²) in [4.78, 5) is 3.01. The summed E-state index contributed by atoms with van der Waals surface area (Å²) in [5.74, 6) is -0.831. The first kappa shape index (κ1) is 14.4. The first-order chi connectivity index (χ1) is 7.50. The maximum atomic E-state index is 12.0. The second-order valence-electron chi connectivity index (χ2n) is 2.97. The van der Waals surface area contributed by atoms with Gasteiger partial charge in [0.1, 0.15) is 4.90 Å². The first-order valence-corrected chi connectivity index (χ1v) is 6.59. The Balaban J connectivity index is 3.40. The van der Waals surface area contributed by atoms with Gasteiger partial charge in [-0.3, -0.25) is 0 Å². The van der Waals surface area contributed by atoms with Gasteiger partial charge in [-0.05, 0) is 35.6 Å². The molecule has 2 N–H and O–H groups in total. The molecule has 0 aliphatic carbocycles. The molecule has 5 nitrogen and oxygen atoms in total. The number of rotatable bonds is 2. The van der Waals surface area contributed by atoms with E-state index in [0.29, 0.717) is 0 Å². The number of hydrogen-bond acceptors (Lipinski definition) is 4. The van der Waals surface area contributed by atoms with E-state index in [0.717, 1.165) is 6.07 Å². The third kappa shape index (κ3) is 3.96. The lowest BCUT2D eigenvalue weighted by atomic mass is 10.4. The van der Waals surface area contributed by atoms with E-state index < -0.39 is 27.2 Å². The van der Waals surface area contributed by atoms with E-state index in [1.807, 2.05) is 0 Å². The molecule has 0 fully saturated rings. The molecule has 0 bridgehead atoms. The highest BCUT2D eigenvalue weighted by molar-refractivity contribution is 14.1. The molecule has 1 rings (SSSR count). The summed E-state index contributed by atoms with van der Waals surface area (Å²) < 4.78 is 61.7. The van der Waals surface area contributed by atoms with Gasteiger partial charge in [-0.2, -0.15) is 0 Å². The Morgan fingerprint density at radius 3 is 2.41 bits per heavy atom. The van der Waals surface area contributed by atoms with E-state index in [1.54, 1.807) is 0 Å². The van der Waals surface area contributed by atoms with Gasteiger partial charge in [-0.15, -0.1) is 13.2 Å². The van der Waals surface area contributed by atoms with E-state index in [2.05, 4.69) is 9.72 Å². The topological polar surface area (TPSA) is 82.3 Å². The van der Waals surface area contributed by atoms with Crippen LogP contribution in [0.15, 0.2) is 11.0 Å². The van der Waals surface area contributed by atoms with E-state index in [9.17, 15) is 21.6 Å². The number of aryl methyl sites for hydroxylation is 1. The van der Waals surface area contributed by atoms with Crippen molar-refractivity contribution >= 4 is 32.6 Å². The summed E-state index contributed by atoms with van der Waals surface area (Å²) in [6.07, 6.45) is -4.95. The first-order valence-electron chi connectivity index (χ1n) is 3.96. The molecule has 0 spiro atoms. The zero-order valence-corrected chi connectivity index (χ0v) is 11.2. The van der Waals surface area contributed by atoms with Crippen molar-refractivity contribution in [2.45, 2.75) is 18.2 Å². The molecule has 17 heavy (non-hydrogen) atoms. The standard InChI is InChI=1S/C7H6F3IN2O3S/c1-3-2-4(17(12,14)15)5(11)6(13-3)16-7(8,9)10/h2H,1H3,(H2,12,14,15). The van der Waals surface area contributed by atoms with E-state index in [-0.39, 0.29) is 9.26 Å². The van der Waals surface area contributed by atoms with Crippen molar-refractivity contribution in [2.24, 2.45) is 5.14 Å². The third-order valence-corrected chi connectivity index (χ3v) is 3.88. The summed E-state index contributed by atoms with van der Waals surface area (Å²) >= 11 is 1.38. The maximum Gasteiger partial charge on any atom is 0.574 e. The summed E-state index contributed by atoms with van der Waals surface area (Å²) in [6.45, 7) is 1.33. The molecule has 0 amide bonds. The zero-order chi connectivity index (χ0) is 13.4. The third-order valence-electron chi connectivity index (χ3n) is 1.54. The SMILES string of the molecule is Cc1cc(S(N)(=O)=O)c(I)c(OC(F)(F)F)n1. The van der Waals surface area contributed by atoms with Gasteiger partial charge in [0.2, 0.25) is 15.9 Å². The molecule has 0 aliphatic heterocycles. The number of nitrogens with two attached hydrogens (primary N) is 1. The minimum Gasteiger partial charge on any atom is -0.387 e. The molecule has 0 radical (unpaired) electrons. The second-order valence-corrected chi connectivity index (χ2v) is 5.58. The van der Waals surface area contributed by atoms with Gasteiger partial charge in [0.15, 0.2) is 0 Å². The molecule has 1 aromatic rings. The molecule has 0 aromatic carbocycles. The lowest BCUT2D eigenvalue weighted by Crippen LogP contribution is -2.21. The fourth-order valence-electron chi connectivity index (χ4n) is 0.984.